The molecule has 5 nitrogen and oxygen atoms in total. The van der Waals surface area contributed by atoms with Crippen LogP contribution < -0.4 is 15.5 Å². The van der Waals surface area contributed by atoms with E-state index in [4.69, 9.17) is 0 Å². The topological polar surface area (TPSA) is 61.4 Å². The Bertz CT molecular complexity index is 856. The zero-order valence-electron chi connectivity index (χ0n) is 18.3. The number of benzene rings is 2. The van der Waals surface area contributed by atoms with E-state index >= 15 is 0 Å². The van der Waals surface area contributed by atoms with Crippen molar-refractivity contribution in [2.45, 2.75) is 40.0 Å². The molecule has 1 saturated heterocycles. The molecule has 2 N–H and O–H groups in total. The molecule has 160 valence electrons. The first-order valence-electron chi connectivity index (χ1n) is 10.9. The van der Waals surface area contributed by atoms with E-state index in [-0.39, 0.29) is 11.8 Å². The Hall–Kier alpha value is -2.82. The maximum absolute atomic E-state index is 13.0. The average Bonchev–Trinajstić information content (AvgIpc) is 2.73. The first-order valence-corrected chi connectivity index (χ1v) is 10.9. The van der Waals surface area contributed by atoms with Crippen molar-refractivity contribution in [2.75, 3.05) is 29.9 Å². The van der Waals surface area contributed by atoms with Gasteiger partial charge in [0.05, 0.1) is 12.0 Å². The van der Waals surface area contributed by atoms with Crippen LogP contribution in [-0.2, 0) is 11.2 Å². The van der Waals surface area contributed by atoms with Crippen molar-refractivity contribution in [1.29, 1.82) is 0 Å². The summed E-state index contributed by atoms with van der Waals surface area (Å²) in [6.45, 7) is 8.95. The summed E-state index contributed by atoms with van der Waals surface area (Å²) in [4.78, 5) is 27.7. The highest BCUT2D eigenvalue weighted by Gasteiger charge is 2.22. The minimum atomic E-state index is -0.0886. The van der Waals surface area contributed by atoms with E-state index in [9.17, 15) is 9.59 Å². The van der Waals surface area contributed by atoms with Gasteiger partial charge in [-0.25, -0.2) is 0 Å². The van der Waals surface area contributed by atoms with Crippen molar-refractivity contribution in [3.8, 4) is 0 Å². The van der Waals surface area contributed by atoms with Gasteiger partial charge in [0.25, 0.3) is 5.91 Å². The van der Waals surface area contributed by atoms with Crippen LogP contribution in [0, 0.1) is 11.8 Å². The molecule has 3 rings (SSSR count). The van der Waals surface area contributed by atoms with Crippen LogP contribution in [0.25, 0.3) is 0 Å². The first-order chi connectivity index (χ1) is 14.4. The normalized spacial score (nSPS) is 14.6. The highest BCUT2D eigenvalue weighted by atomic mass is 16.2. The van der Waals surface area contributed by atoms with Crippen LogP contribution in [0.5, 0.6) is 0 Å². The van der Waals surface area contributed by atoms with Crippen LogP contribution in [0.3, 0.4) is 0 Å². The number of hydrogen-bond donors (Lipinski definition) is 2. The van der Waals surface area contributed by atoms with Crippen LogP contribution in [0.2, 0.25) is 0 Å². The lowest BCUT2D eigenvalue weighted by Crippen LogP contribution is -2.35. The second kappa shape index (κ2) is 10.3. The van der Waals surface area contributed by atoms with Gasteiger partial charge >= 0.3 is 0 Å². The maximum atomic E-state index is 13.0. The Balaban J connectivity index is 1.78. The summed E-state index contributed by atoms with van der Waals surface area (Å²) >= 11 is 0. The minimum Gasteiger partial charge on any atom is -0.371 e. The molecule has 30 heavy (non-hydrogen) atoms. The summed E-state index contributed by atoms with van der Waals surface area (Å²) in [5, 5.41) is 5.98. The Morgan fingerprint density at radius 1 is 1.07 bits per heavy atom. The van der Waals surface area contributed by atoms with Crippen molar-refractivity contribution in [2.24, 2.45) is 11.8 Å². The molecule has 5 heteroatoms. The van der Waals surface area contributed by atoms with E-state index in [0.717, 1.165) is 43.1 Å². The van der Waals surface area contributed by atoms with Crippen molar-refractivity contribution in [1.82, 2.24) is 5.32 Å². The highest BCUT2D eigenvalue weighted by Crippen LogP contribution is 2.29. The smallest absolute Gasteiger partial charge is 0.253 e. The lowest BCUT2D eigenvalue weighted by Gasteiger charge is -2.33. The van der Waals surface area contributed by atoms with Crippen molar-refractivity contribution in [3.05, 3.63) is 59.7 Å². The van der Waals surface area contributed by atoms with Crippen LogP contribution in [0.1, 0.15) is 49.5 Å². The molecule has 1 heterocycles. The number of piperidine rings is 1. The number of amides is 2. The number of carbonyl (C=O) groups excluding carboxylic acids is 2. The van der Waals surface area contributed by atoms with E-state index < -0.39 is 0 Å². The molecule has 0 radical (unpaired) electrons. The van der Waals surface area contributed by atoms with E-state index in [1.54, 1.807) is 0 Å². The molecule has 2 aromatic rings. The molecular formula is C25H33N3O2. The van der Waals surface area contributed by atoms with Crippen LogP contribution in [0.15, 0.2) is 48.5 Å². The van der Waals surface area contributed by atoms with Gasteiger partial charge in [-0.2, -0.15) is 0 Å². The summed E-state index contributed by atoms with van der Waals surface area (Å²) in [5.74, 6) is 0.920. The Labute approximate surface area is 179 Å². The zero-order valence-corrected chi connectivity index (χ0v) is 18.3. The first kappa shape index (κ1) is 21.9. The fourth-order valence-electron chi connectivity index (χ4n) is 3.70. The van der Waals surface area contributed by atoms with E-state index in [1.807, 2.05) is 48.5 Å². The third-order valence-corrected chi connectivity index (χ3v) is 5.53. The Kier molecular flexibility index (Phi) is 7.50. The zero-order chi connectivity index (χ0) is 21.5. The maximum Gasteiger partial charge on any atom is 0.253 e. The third kappa shape index (κ3) is 6.09. The molecule has 0 aromatic heterocycles. The summed E-state index contributed by atoms with van der Waals surface area (Å²) in [7, 11) is 0. The number of rotatable bonds is 7. The second-order valence-corrected chi connectivity index (χ2v) is 8.72. The summed E-state index contributed by atoms with van der Waals surface area (Å²) in [6, 6.07) is 15.3. The quantitative estimate of drug-likeness (QED) is 0.711. The van der Waals surface area contributed by atoms with Crippen molar-refractivity contribution >= 4 is 23.2 Å². The molecule has 2 amide bonds. The third-order valence-electron chi connectivity index (χ3n) is 5.53. The molecule has 1 aliphatic rings. The minimum absolute atomic E-state index is 0.0866. The SMILES string of the molecule is CC(C)CNC(=O)c1cc(NC(=O)Cc2ccccc2)ccc1N1CCC(C)CC1. The fraction of sp³-hybridized carbons (Fsp3) is 0.440. The Morgan fingerprint density at radius 2 is 1.77 bits per heavy atom. The van der Waals surface area contributed by atoms with Crippen LogP contribution in [-0.4, -0.2) is 31.4 Å². The van der Waals surface area contributed by atoms with Gasteiger partial charge in [0.1, 0.15) is 0 Å². The predicted octanol–water partition coefficient (Wildman–Crippen LogP) is 4.49. The molecule has 0 saturated carbocycles. The average molecular weight is 408 g/mol. The Morgan fingerprint density at radius 3 is 2.43 bits per heavy atom. The summed E-state index contributed by atoms with van der Waals surface area (Å²) in [6.07, 6.45) is 2.56. The molecular weight excluding hydrogens is 374 g/mol. The number of nitrogens with zero attached hydrogens (tertiary/aromatic N) is 1. The lowest BCUT2D eigenvalue weighted by molar-refractivity contribution is -0.115. The van der Waals surface area contributed by atoms with Gasteiger partial charge in [-0.15, -0.1) is 0 Å². The molecule has 0 aliphatic carbocycles. The van der Waals surface area contributed by atoms with E-state index in [1.165, 1.54) is 0 Å². The number of carbonyl (C=O) groups is 2. The monoisotopic (exact) mass is 407 g/mol. The van der Waals surface area contributed by atoms with E-state index in [2.05, 4.69) is 36.3 Å². The summed E-state index contributed by atoms with van der Waals surface area (Å²) < 4.78 is 0. The van der Waals surface area contributed by atoms with Crippen molar-refractivity contribution < 1.29 is 9.59 Å². The number of hydrogen-bond acceptors (Lipinski definition) is 3. The van der Waals surface area contributed by atoms with Gasteiger partial charge in [0.15, 0.2) is 0 Å². The second-order valence-electron chi connectivity index (χ2n) is 8.72. The van der Waals surface area contributed by atoms with E-state index in [0.29, 0.717) is 30.1 Å². The number of anilines is 2. The van der Waals surface area contributed by atoms with Gasteiger partial charge in [0, 0.05) is 31.0 Å². The lowest BCUT2D eigenvalue weighted by atomic mass is 9.97. The summed E-state index contributed by atoms with van der Waals surface area (Å²) in [5.41, 5.74) is 3.19. The fourth-order valence-corrected chi connectivity index (χ4v) is 3.70. The molecule has 1 fully saturated rings. The van der Waals surface area contributed by atoms with Gasteiger partial charge in [-0.3, -0.25) is 9.59 Å². The highest BCUT2D eigenvalue weighted by molar-refractivity contribution is 6.02. The molecule has 0 unspecified atom stereocenters. The molecule has 1 aliphatic heterocycles. The van der Waals surface area contributed by atoms with Crippen LogP contribution >= 0.6 is 0 Å². The predicted molar refractivity (Wildman–Crippen MR) is 123 cm³/mol. The van der Waals surface area contributed by atoms with Crippen LogP contribution in [0.4, 0.5) is 11.4 Å². The van der Waals surface area contributed by atoms with Gasteiger partial charge < -0.3 is 15.5 Å². The molecule has 0 bridgehead atoms. The number of nitrogens with one attached hydrogen (secondary N) is 2. The largest absolute Gasteiger partial charge is 0.371 e. The van der Waals surface area contributed by atoms with Gasteiger partial charge in [-0.1, -0.05) is 51.1 Å². The standard InChI is InChI=1S/C25H33N3O2/c1-18(2)17-26-25(30)22-16-21(27-24(29)15-20-7-5-4-6-8-20)9-10-23(22)28-13-11-19(3)12-14-28/h4-10,16,18-19H,11-15,17H2,1-3H3,(H,26,30)(H,27,29). The molecule has 0 spiro atoms. The molecule has 2 aromatic carbocycles. The van der Waals surface area contributed by atoms with Gasteiger partial charge in [-0.05, 0) is 48.4 Å². The van der Waals surface area contributed by atoms with Crippen molar-refractivity contribution in [3.63, 3.8) is 0 Å². The van der Waals surface area contributed by atoms with Gasteiger partial charge in [0.2, 0.25) is 5.91 Å². The molecule has 0 atom stereocenters.